The number of amides is 1. The van der Waals surface area contributed by atoms with Gasteiger partial charge in [-0.1, -0.05) is 6.92 Å². The molecule has 104 valence electrons. The number of hydrogen-bond donors (Lipinski definition) is 2. The number of pyridine rings is 1. The van der Waals surface area contributed by atoms with Gasteiger partial charge in [0.1, 0.15) is 0 Å². The maximum atomic E-state index is 11.9. The molecule has 0 aromatic carbocycles. The van der Waals surface area contributed by atoms with Crippen molar-refractivity contribution in [1.29, 1.82) is 0 Å². The predicted octanol–water partition coefficient (Wildman–Crippen LogP) is 1.62. The summed E-state index contributed by atoms with van der Waals surface area (Å²) in [5, 5.41) is 5.87. The Kier molecular flexibility index (Phi) is 5.00. The molecule has 0 aliphatic rings. The van der Waals surface area contributed by atoms with E-state index < -0.39 is 0 Å². The van der Waals surface area contributed by atoms with Crippen LogP contribution >= 0.6 is 0 Å². The van der Waals surface area contributed by atoms with Crippen LogP contribution in [0.3, 0.4) is 0 Å². The molecule has 20 heavy (non-hydrogen) atoms. The van der Waals surface area contributed by atoms with Gasteiger partial charge in [-0.2, -0.15) is 0 Å². The third-order valence-electron chi connectivity index (χ3n) is 2.65. The minimum Gasteiger partial charge on any atom is -0.354 e. The molecule has 2 aromatic rings. The second-order valence-corrected chi connectivity index (χ2v) is 4.26. The van der Waals surface area contributed by atoms with Crippen LogP contribution in [0.2, 0.25) is 0 Å². The first-order valence-electron chi connectivity index (χ1n) is 6.52. The summed E-state index contributed by atoms with van der Waals surface area (Å²) in [6.45, 7) is 3.33. The molecule has 2 heterocycles. The van der Waals surface area contributed by atoms with Crippen LogP contribution in [0.1, 0.15) is 29.3 Å². The van der Waals surface area contributed by atoms with E-state index in [1.807, 2.05) is 12.1 Å². The van der Waals surface area contributed by atoms with Crippen molar-refractivity contribution in [3.05, 3.63) is 48.0 Å². The van der Waals surface area contributed by atoms with Gasteiger partial charge in [0.15, 0.2) is 0 Å². The van der Waals surface area contributed by atoms with E-state index in [0.717, 1.165) is 18.5 Å². The number of carbonyl (C=O) groups is 1. The fourth-order valence-corrected chi connectivity index (χ4v) is 1.56. The molecule has 0 aliphatic heterocycles. The Morgan fingerprint density at radius 1 is 1.20 bits per heavy atom. The third-order valence-corrected chi connectivity index (χ3v) is 2.65. The molecule has 0 saturated heterocycles. The molecule has 2 rings (SSSR count). The first-order valence-corrected chi connectivity index (χ1v) is 6.52. The number of rotatable bonds is 6. The molecule has 0 aliphatic carbocycles. The van der Waals surface area contributed by atoms with E-state index in [1.165, 1.54) is 12.4 Å². The fourth-order valence-electron chi connectivity index (χ4n) is 1.56. The van der Waals surface area contributed by atoms with E-state index in [1.54, 1.807) is 12.4 Å². The maximum absolute atomic E-state index is 11.9. The second-order valence-electron chi connectivity index (χ2n) is 4.26. The highest BCUT2D eigenvalue weighted by atomic mass is 16.1. The second kappa shape index (κ2) is 7.18. The zero-order valence-corrected chi connectivity index (χ0v) is 11.3. The topological polar surface area (TPSA) is 79.8 Å². The van der Waals surface area contributed by atoms with Gasteiger partial charge in [-0.25, -0.2) is 9.97 Å². The fraction of sp³-hybridized carbons (Fsp3) is 0.286. The Balaban J connectivity index is 1.89. The number of aromatic nitrogens is 3. The third kappa shape index (κ3) is 4.01. The van der Waals surface area contributed by atoms with Gasteiger partial charge in [0.05, 0.1) is 5.56 Å². The van der Waals surface area contributed by atoms with Gasteiger partial charge in [-0.3, -0.25) is 9.78 Å². The van der Waals surface area contributed by atoms with Crippen LogP contribution in [0.25, 0.3) is 0 Å². The van der Waals surface area contributed by atoms with E-state index >= 15 is 0 Å². The number of anilines is 1. The highest BCUT2D eigenvalue weighted by Gasteiger charge is 2.06. The first-order chi connectivity index (χ1) is 9.79. The smallest absolute Gasteiger partial charge is 0.254 e. The van der Waals surface area contributed by atoms with Crippen molar-refractivity contribution in [3.63, 3.8) is 0 Å². The summed E-state index contributed by atoms with van der Waals surface area (Å²) in [4.78, 5) is 24.0. The molecule has 2 aromatic heterocycles. The molecule has 0 radical (unpaired) electrons. The Hall–Kier alpha value is -2.50. The van der Waals surface area contributed by atoms with E-state index in [9.17, 15) is 4.79 Å². The lowest BCUT2D eigenvalue weighted by Gasteiger charge is -2.06. The van der Waals surface area contributed by atoms with Crippen molar-refractivity contribution < 1.29 is 4.79 Å². The van der Waals surface area contributed by atoms with E-state index in [0.29, 0.717) is 18.1 Å². The van der Waals surface area contributed by atoms with Gasteiger partial charge in [-0.15, -0.1) is 0 Å². The molecular weight excluding hydrogens is 254 g/mol. The monoisotopic (exact) mass is 271 g/mol. The predicted molar refractivity (Wildman–Crippen MR) is 76.2 cm³/mol. The Labute approximate surface area is 117 Å². The molecule has 0 unspecified atom stereocenters. The zero-order chi connectivity index (χ0) is 14.2. The molecule has 0 atom stereocenters. The molecule has 1 amide bonds. The molecule has 2 N–H and O–H groups in total. The average molecular weight is 271 g/mol. The van der Waals surface area contributed by atoms with Crippen molar-refractivity contribution in [2.24, 2.45) is 0 Å². The van der Waals surface area contributed by atoms with Crippen molar-refractivity contribution in [2.75, 3.05) is 11.9 Å². The summed E-state index contributed by atoms with van der Waals surface area (Å²) in [7, 11) is 0. The highest BCUT2D eigenvalue weighted by Crippen LogP contribution is 2.02. The summed E-state index contributed by atoms with van der Waals surface area (Å²) in [6.07, 6.45) is 7.43. The maximum Gasteiger partial charge on any atom is 0.254 e. The summed E-state index contributed by atoms with van der Waals surface area (Å²) >= 11 is 0. The summed E-state index contributed by atoms with van der Waals surface area (Å²) < 4.78 is 0. The largest absolute Gasteiger partial charge is 0.354 e. The number of hydrogen-bond acceptors (Lipinski definition) is 5. The lowest BCUT2D eigenvalue weighted by molar-refractivity contribution is 0.0950. The molecule has 0 spiro atoms. The molecule has 0 bridgehead atoms. The molecular formula is C14H17N5O. The normalized spacial score (nSPS) is 10.1. The Morgan fingerprint density at radius 3 is 2.55 bits per heavy atom. The number of nitrogens with one attached hydrogen (secondary N) is 2. The summed E-state index contributed by atoms with van der Waals surface area (Å²) in [5.41, 5.74) is 1.44. The van der Waals surface area contributed by atoms with Crippen molar-refractivity contribution in [3.8, 4) is 0 Å². The molecule has 6 nitrogen and oxygen atoms in total. The van der Waals surface area contributed by atoms with E-state index in [-0.39, 0.29) is 5.91 Å². The van der Waals surface area contributed by atoms with Gasteiger partial charge in [0.25, 0.3) is 5.91 Å². The van der Waals surface area contributed by atoms with Gasteiger partial charge in [0, 0.05) is 37.9 Å². The standard InChI is InChI=1S/C14H17N5O/c1-2-5-16-14-18-9-12(10-19-14)13(20)17-8-11-3-6-15-7-4-11/h3-4,6-7,9-10H,2,5,8H2,1H3,(H,17,20)(H,16,18,19). The zero-order valence-electron chi connectivity index (χ0n) is 11.3. The van der Waals surface area contributed by atoms with Crippen LogP contribution < -0.4 is 10.6 Å². The SMILES string of the molecule is CCCNc1ncc(C(=O)NCc2ccncc2)cn1. The molecule has 0 saturated carbocycles. The van der Waals surface area contributed by atoms with Gasteiger partial charge >= 0.3 is 0 Å². The van der Waals surface area contributed by atoms with E-state index in [4.69, 9.17) is 0 Å². The Bertz CT molecular complexity index is 541. The summed E-state index contributed by atoms with van der Waals surface area (Å²) in [5.74, 6) is 0.349. The van der Waals surface area contributed by atoms with Crippen molar-refractivity contribution in [1.82, 2.24) is 20.3 Å². The van der Waals surface area contributed by atoms with Crippen LogP contribution in [-0.2, 0) is 6.54 Å². The average Bonchev–Trinajstić information content (AvgIpc) is 2.52. The minimum absolute atomic E-state index is 0.191. The van der Waals surface area contributed by atoms with Crippen molar-refractivity contribution >= 4 is 11.9 Å². The molecule has 0 fully saturated rings. The van der Waals surface area contributed by atoms with Crippen LogP contribution in [0.4, 0.5) is 5.95 Å². The van der Waals surface area contributed by atoms with Crippen LogP contribution in [0.5, 0.6) is 0 Å². The van der Waals surface area contributed by atoms with Gasteiger partial charge in [-0.05, 0) is 24.1 Å². The van der Waals surface area contributed by atoms with Crippen LogP contribution in [-0.4, -0.2) is 27.4 Å². The van der Waals surface area contributed by atoms with Crippen LogP contribution in [0.15, 0.2) is 36.9 Å². The minimum atomic E-state index is -0.191. The molecule has 6 heteroatoms. The van der Waals surface area contributed by atoms with Crippen LogP contribution in [0, 0.1) is 0 Å². The van der Waals surface area contributed by atoms with Crippen molar-refractivity contribution in [2.45, 2.75) is 19.9 Å². The Morgan fingerprint density at radius 2 is 1.90 bits per heavy atom. The van der Waals surface area contributed by atoms with Gasteiger partial charge < -0.3 is 10.6 Å². The lowest BCUT2D eigenvalue weighted by atomic mass is 10.2. The lowest BCUT2D eigenvalue weighted by Crippen LogP contribution is -2.23. The first kappa shape index (κ1) is 13.9. The van der Waals surface area contributed by atoms with E-state index in [2.05, 4.69) is 32.5 Å². The van der Waals surface area contributed by atoms with Gasteiger partial charge in [0.2, 0.25) is 5.95 Å². The number of nitrogens with zero attached hydrogens (tertiary/aromatic N) is 3. The highest BCUT2D eigenvalue weighted by molar-refractivity contribution is 5.93. The number of carbonyl (C=O) groups excluding carboxylic acids is 1. The summed E-state index contributed by atoms with van der Waals surface area (Å²) in [6, 6.07) is 3.71. The quantitative estimate of drug-likeness (QED) is 0.834.